The minimum absolute atomic E-state index is 0. The summed E-state index contributed by atoms with van der Waals surface area (Å²) in [7, 11) is 0. The minimum atomic E-state index is -0.117. The quantitative estimate of drug-likeness (QED) is 0.114. The molecule has 4 nitrogen and oxygen atoms in total. The third-order valence-corrected chi connectivity index (χ3v) is 9.33. The van der Waals surface area contributed by atoms with Crippen molar-refractivity contribution in [3.05, 3.63) is 199 Å². The monoisotopic (exact) mass is 850 g/mol. The van der Waals surface area contributed by atoms with Crippen molar-refractivity contribution in [2.45, 2.75) is 20.8 Å². The number of aryl methyl sites for hydroxylation is 3. The van der Waals surface area contributed by atoms with E-state index in [1.54, 1.807) is 0 Å². The maximum Gasteiger partial charge on any atom is 0.198 e. The number of hydrogen-bond acceptors (Lipinski definition) is 4. The zero-order valence-corrected chi connectivity index (χ0v) is 31.5. The van der Waals surface area contributed by atoms with E-state index in [0.717, 1.165) is 56.2 Å². The summed E-state index contributed by atoms with van der Waals surface area (Å²) in [6, 6.07) is 62.1. The van der Waals surface area contributed by atoms with Crippen molar-refractivity contribution in [2.24, 2.45) is 5.10 Å². The van der Waals surface area contributed by atoms with Gasteiger partial charge < -0.3 is 9.91 Å². The average Bonchev–Trinajstić information content (AvgIpc) is 3.63. The van der Waals surface area contributed by atoms with Crippen LogP contribution in [0.4, 0.5) is 11.4 Å². The largest absolute Gasteiger partial charge is 0.456 e. The van der Waals surface area contributed by atoms with Crippen LogP contribution in [0.15, 0.2) is 163 Å². The van der Waals surface area contributed by atoms with Crippen molar-refractivity contribution >= 4 is 40.3 Å². The van der Waals surface area contributed by atoms with Gasteiger partial charge in [-0.25, -0.2) is 0 Å². The number of rotatable bonds is 8. The summed E-state index contributed by atoms with van der Waals surface area (Å²) >= 11 is 0. The molecule has 0 amide bonds. The van der Waals surface area contributed by atoms with Crippen LogP contribution in [0.3, 0.4) is 0 Å². The molecule has 0 saturated heterocycles. The third kappa shape index (κ3) is 7.15. The van der Waals surface area contributed by atoms with Crippen LogP contribution < -0.4 is 26.3 Å². The third-order valence-electron chi connectivity index (χ3n) is 9.33. The maximum absolute atomic E-state index is 5.14. The Morgan fingerprint density at radius 2 is 1.15 bits per heavy atom. The number of hydrogen-bond donors (Lipinski definition) is 0. The number of benzene rings is 6. The van der Waals surface area contributed by atoms with E-state index in [0.29, 0.717) is 0 Å². The van der Waals surface area contributed by atoms with Crippen molar-refractivity contribution in [2.75, 3.05) is 9.91 Å². The van der Waals surface area contributed by atoms with E-state index in [2.05, 4.69) is 153 Å². The normalized spacial score (nSPS) is 12.3. The predicted octanol–water partition coefficient (Wildman–Crippen LogP) is 8.26. The Bertz CT molecular complexity index is 2320. The number of pyridine rings is 1. The molecule has 2 heterocycles. The number of aromatic nitrogens is 1. The molecule has 0 bridgehead atoms. The van der Waals surface area contributed by atoms with E-state index in [9.17, 15) is 0 Å². The summed E-state index contributed by atoms with van der Waals surface area (Å²) in [5.74, 6) is 0.855. The molecule has 0 saturated carbocycles. The van der Waals surface area contributed by atoms with Crippen LogP contribution in [0.1, 0.15) is 22.3 Å². The standard InChI is InChI=1S/C46H36BN4.Pt/c1-33-28-34(2)45(35(3)29-33)47(39-21-13-20-38(30-39)44-27-15-26-43(48-44)36-16-7-4-8-17-36)40-22-14-25-42(31-40)51-32-50(41-23-11-6-12-24-41)46(49-51)37-18-9-5-10-19-37;/h4-29,32H,1-3H3;/q-3;. The van der Waals surface area contributed by atoms with E-state index >= 15 is 0 Å². The smallest absolute Gasteiger partial charge is 0.198 e. The second-order valence-electron chi connectivity index (χ2n) is 13.0. The molecule has 0 aliphatic carbocycles. The summed E-state index contributed by atoms with van der Waals surface area (Å²) in [5, 5.41) is 7.07. The van der Waals surface area contributed by atoms with Crippen molar-refractivity contribution in [3.8, 4) is 22.5 Å². The van der Waals surface area contributed by atoms with Gasteiger partial charge in [0.25, 0.3) is 0 Å². The maximum atomic E-state index is 5.14. The van der Waals surface area contributed by atoms with E-state index in [1.807, 2.05) is 54.1 Å². The second-order valence-corrected chi connectivity index (χ2v) is 13.0. The van der Waals surface area contributed by atoms with Gasteiger partial charge in [-0.3, -0.25) is 4.98 Å². The van der Waals surface area contributed by atoms with Gasteiger partial charge in [-0.1, -0.05) is 131 Å². The molecule has 0 unspecified atom stereocenters. The Kier molecular flexibility index (Phi) is 10.3. The number of para-hydroxylation sites is 1. The zero-order chi connectivity index (χ0) is 34.7. The summed E-state index contributed by atoms with van der Waals surface area (Å²) < 4.78 is 0. The van der Waals surface area contributed by atoms with Crippen LogP contribution in [-0.4, -0.2) is 17.5 Å². The first kappa shape index (κ1) is 34.9. The Morgan fingerprint density at radius 1 is 0.577 bits per heavy atom. The molecule has 1 aliphatic rings. The first-order valence-corrected chi connectivity index (χ1v) is 17.3. The van der Waals surface area contributed by atoms with Gasteiger partial charge >= 0.3 is 0 Å². The van der Waals surface area contributed by atoms with Crippen molar-refractivity contribution < 1.29 is 21.1 Å². The molecule has 1 aliphatic heterocycles. The Hall–Kier alpha value is -5.51. The average molecular weight is 851 g/mol. The van der Waals surface area contributed by atoms with Crippen LogP contribution in [0.25, 0.3) is 22.5 Å². The van der Waals surface area contributed by atoms with Gasteiger partial charge in [0.05, 0.1) is 5.69 Å². The fourth-order valence-electron chi connectivity index (χ4n) is 7.08. The molecule has 0 spiro atoms. The van der Waals surface area contributed by atoms with Crippen LogP contribution in [-0.2, 0) is 21.1 Å². The Morgan fingerprint density at radius 3 is 1.85 bits per heavy atom. The molecule has 1 aromatic heterocycles. The predicted molar refractivity (Wildman–Crippen MR) is 213 cm³/mol. The van der Waals surface area contributed by atoms with E-state index in [1.165, 1.54) is 22.2 Å². The fraction of sp³-hybridized carbons (Fsp3) is 0.0652. The first-order valence-electron chi connectivity index (χ1n) is 17.3. The Balaban J connectivity index is 0.00000420. The zero-order valence-electron chi connectivity index (χ0n) is 29.3. The Labute approximate surface area is 321 Å². The van der Waals surface area contributed by atoms with E-state index in [4.69, 9.17) is 10.1 Å². The molecule has 0 fully saturated rings. The van der Waals surface area contributed by atoms with Gasteiger partial charge in [-0.05, 0) is 50.2 Å². The summed E-state index contributed by atoms with van der Waals surface area (Å²) in [4.78, 5) is 7.20. The van der Waals surface area contributed by atoms with Gasteiger partial charge in [0.2, 0.25) is 0 Å². The number of nitrogens with zero attached hydrogens (tertiary/aromatic N) is 4. The number of amidine groups is 1. The van der Waals surface area contributed by atoms with Gasteiger partial charge in [0, 0.05) is 32.3 Å². The molecule has 256 valence electrons. The molecular formula is C46H36BN4Pt-3. The molecule has 0 radical (unpaired) electrons. The van der Waals surface area contributed by atoms with E-state index in [-0.39, 0.29) is 27.8 Å². The second kappa shape index (κ2) is 15.4. The molecule has 7 aromatic rings. The van der Waals surface area contributed by atoms with Crippen LogP contribution in [0.2, 0.25) is 0 Å². The molecule has 52 heavy (non-hydrogen) atoms. The summed E-state index contributed by atoms with van der Waals surface area (Å²) in [5.41, 5.74) is 13.9. The molecule has 0 N–H and O–H groups in total. The molecule has 6 aromatic carbocycles. The fourth-order valence-corrected chi connectivity index (χ4v) is 7.08. The molecule has 8 rings (SSSR count). The topological polar surface area (TPSA) is 31.7 Å². The van der Waals surface area contributed by atoms with Gasteiger partial charge in [-0.15, -0.1) is 42.6 Å². The number of anilines is 2. The van der Waals surface area contributed by atoms with Crippen molar-refractivity contribution in [1.82, 2.24) is 4.98 Å². The van der Waals surface area contributed by atoms with Gasteiger partial charge in [-0.2, -0.15) is 34.2 Å². The van der Waals surface area contributed by atoms with Crippen LogP contribution in [0.5, 0.6) is 0 Å². The van der Waals surface area contributed by atoms with Crippen LogP contribution >= 0.6 is 0 Å². The van der Waals surface area contributed by atoms with Crippen molar-refractivity contribution in [1.29, 1.82) is 0 Å². The number of hydrazone groups is 1. The van der Waals surface area contributed by atoms with E-state index < -0.39 is 0 Å². The molecular weight excluding hydrogens is 814 g/mol. The van der Waals surface area contributed by atoms with Crippen LogP contribution in [0, 0.1) is 39.6 Å². The summed E-state index contributed by atoms with van der Waals surface area (Å²) in [6.07, 6.45) is 0. The molecule has 0 atom stereocenters. The van der Waals surface area contributed by atoms with Gasteiger partial charge in [0.1, 0.15) is 5.84 Å². The first-order chi connectivity index (χ1) is 25.0. The molecule has 6 heteroatoms. The summed E-state index contributed by atoms with van der Waals surface area (Å²) in [6.45, 7) is 8.51. The minimum Gasteiger partial charge on any atom is -0.456 e. The SMILES string of the molecule is Cc1cc(C)c(B(c2[c-]c(-c3cccc(-c4ccccc4)n3)ccc2)c2[c-]c(N3[CH-]N(c4ccccc4)C(c4ccccc4)=N3)ccc2)c(C)c1.[Pt]. The van der Waals surface area contributed by atoms with Crippen molar-refractivity contribution in [3.63, 3.8) is 0 Å². The van der Waals surface area contributed by atoms with Gasteiger partial charge in [0.15, 0.2) is 6.71 Å².